The highest BCUT2D eigenvalue weighted by Crippen LogP contribution is 2.39. The molecule has 0 aliphatic carbocycles. The Labute approximate surface area is 279 Å². The van der Waals surface area contributed by atoms with Crippen LogP contribution in [-0.2, 0) is 19.2 Å². The van der Waals surface area contributed by atoms with Gasteiger partial charge in [-0.25, -0.2) is 0 Å². The molecule has 8 rings (SSSR count). The van der Waals surface area contributed by atoms with Crippen molar-refractivity contribution in [1.82, 2.24) is 9.80 Å². The molecule has 2 unspecified atom stereocenters. The average molecular weight is 637 g/mol. The molecule has 8 heteroatoms. The lowest BCUT2D eigenvalue weighted by Gasteiger charge is -2.42. The Morgan fingerprint density at radius 2 is 0.833 bits per heavy atom. The first-order valence-corrected chi connectivity index (χ1v) is 16.7. The molecule has 0 saturated carbocycles. The second-order valence-electron chi connectivity index (χ2n) is 12.9. The van der Waals surface area contributed by atoms with Gasteiger partial charge in [-0.2, -0.15) is 0 Å². The maximum atomic E-state index is 13.7. The number of hydrogen-bond donors (Lipinski definition) is 0. The first kappa shape index (κ1) is 29.9. The summed E-state index contributed by atoms with van der Waals surface area (Å²) in [4.78, 5) is 61.6. The van der Waals surface area contributed by atoms with Crippen LogP contribution < -0.4 is 9.80 Å². The van der Waals surface area contributed by atoms with Crippen LogP contribution in [0.15, 0.2) is 109 Å². The van der Waals surface area contributed by atoms with Gasteiger partial charge in [0.25, 0.3) is 23.6 Å². The highest BCUT2D eigenvalue weighted by Gasteiger charge is 2.50. The third-order valence-electron chi connectivity index (χ3n) is 10.1. The quantitative estimate of drug-likeness (QED) is 0.243. The fraction of sp³-hybridized carbons (Fsp3) is 0.250. The van der Waals surface area contributed by atoms with Crippen LogP contribution in [0.1, 0.15) is 60.0 Å². The molecular weight excluding hydrogens is 600 g/mol. The van der Waals surface area contributed by atoms with Crippen LogP contribution >= 0.6 is 0 Å². The van der Waals surface area contributed by atoms with Crippen LogP contribution in [0.5, 0.6) is 0 Å². The molecule has 4 aromatic rings. The first-order chi connectivity index (χ1) is 23.5. The number of amides is 4. The van der Waals surface area contributed by atoms with Crippen LogP contribution in [0.3, 0.4) is 0 Å². The Balaban J connectivity index is 1.03. The van der Waals surface area contributed by atoms with E-state index in [0.29, 0.717) is 37.3 Å². The normalized spacial score (nSPS) is 24.1. The Bertz CT molecular complexity index is 1750. The van der Waals surface area contributed by atoms with E-state index in [4.69, 9.17) is 0 Å². The highest BCUT2D eigenvalue weighted by atomic mass is 16.2. The van der Waals surface area contributed by atoms with Crippen molar-refractivity contribution < 1.29 is 19.2 Å². The molecule has 4 aliphatic heterocycles. The summed E-state index contributed by atoms with van der Waals surface area (Å²) in [5.74, 6) is -0.120. The smallest absolute Gasteiger partial charge is 0.251 e. The van der Waals surface area contributed by atoms with Crippen LogP contribution in [-0.4, -0.2) is 58.6 Å². The minimum Gasteiger partial charge on any atom is -0.329 e. The third-order valence-corrected chi connectivity index (χ3v) is 10.1. The van der Waals surface area contributed by atoms with Gasteiger partial charge in [-0.3, -0.25) is 29.0 Å². The van der Waals surface area contributed by atoms with Crippen LogP contribution in [0, 0.1) is 0 Å². The molecule has 8 nitrogen and oxygen atoms in total. The molecule has 4 saturated heterocycles. The lowest BCUT2D eigenvalue weighted by Crippen LogP contribution is -2.59. The zero-order valence-electron chi connectivity index (χ0n) is 26.5. The van der Waals surface area contributed by atoms with E-state index in [0.717, 1.165) is 35.1 Å². The summed E-state index contributed by atoms with van der Waals surface area (Å²) in [7, 11) is 0. The van der Waals surface area contributed by atoms with Gasteiger partial charge >= 0.3 is 0 Å². The molecule has 4 aromatic carbocycles. The van der Waals surface area contributed by atoms with E-state index in [-0.39, 0.29) is 23.6 Å². The molecule has 4 aliphatic rings. The summed E-state index contributed by atoms with van der Waals surface area (Å²) in [6.07, 6.45) is 7.04. The lowest BCUT2D eigenvalue weighted by molar-refractivity contribution is -0.144. The van der Waals surface area contributed by atoms with Crippen molar-refractivity contribution >= 4 is 47.2 Å². The Morgan fingerprint density at radius 3 is 1.21 bits per heavy atom. The standard InChI is InChI=1S/C40H36N4O4/c45-37-33-13-7-25-41(33)39(47)35(29-9-3-1-4-10-29)43(37)31-21-17-27(18-22-31)15-16-28-19-23-32(24-20-28)44-36(30-11-5-2-6-12-30)40(48)42-26-8-14-34(42)38(44)46/h1-6,9-12,15-24,33-36H,7-8,13-14,25-26H2/t33-,34-,35?,36?/m0/s1. The van der Waals surface area contributed by atoms with E-state index in [1.165, 1.54) is 0 Å². The second kappa shape index (κ2) is 12.3. The number of fused-ring (bicyclic) bond motifs is 2. The van der Waals surface area contributed by atoms with Gasteiger partial charge in [-0.05, 0) is 72.2 Å². The molecule has 240 valence electrons. The topological polar surface area (TPSA) is 81.2 Å². The van der Waals surface area contributed by atoms with Gasteiger partial charge in [0.1, 0.15) is 24.2 Å². The van der Waals surface area contributed by atoms with E-state index < -0.39 is 24.2 Å². The van der Waals surface area contributed by atoms with Crippen molar-refractivity contribution in [3.05, 3.63) is 131 Å². The molecule has 4 atom stereocenters. The van der Waals surface area contributed by atoms with Gasteiger partial charge in [-0.15, -0.1) is 0 Å². The summed E-state index contributed by atoms with van der Waals surface area (Å²) in [5, 5.41) is 0. The zero-order valence-corrected chi connectivity index (χ0v) is 26.5. The van der Waals surface area contributed by atoms with Crippen molar-refractivity contribution in [2.24, 2.45) is 0 Å². The molecule has 4 fully saturated rings. The third kappa shape index (κ3) is 5.08. The minimum absolute atomic E-state index is 0.0259. The van der Waals surface area contributed by atoms with Crippen LogP contribution in [0.4, 0.5) is 11.4 Å². The van der Waals surface area contributed by atoms with E-state index in [2.05, 4.69) is 0 Å². The molecule has 48 heavy (non-hydrogen) atoms. The molecule has 0 bridgehead atoms. The van der Waals surface area contributed by atoms with Crippen molar-refractivity contribution in [3.8, 4) is 0 Å². The fourth-order valence-electron chi connectivity index (χ4n) is 7.78. The molecule has 4 amide bonds. The van der Waals surface area contributed by atoms with Crippen molar-refractivity contribution in [1.29, 1.82) is 0 Å². The summed E-state index contributed by atoms with van der Waals surface area (Å²) in [5.41, 5.74) is 4.90. The predicted octanol–water partition coefficient (Wildman–Crippen LogP) is 6.01. The molecular formula is C40H36N4O4. The summed E-state index contributed by atoms with van der Waals surface area (Å²) < 4.78 is 0. The van der Waals surface area contributed by atoms with E-state index >= 15 is 0 Å². The number of benzene rings is 4. The van der Waals surface area contributed by atoms with Crippen LogP contribution in [0.25, 0.3) is 12.2 Å². The van der Waals surface area contributed by atoms with Gasteiger partial charge in [0.2, 0.25) is 0 Å². The molecule has 4 heterocycles. The number of carbonyl (C=O) groups is 4. The minimum atomic E-state index is -0.687. The fourth-order valence-corrected chi connectivity index (χ4v) is 7.78. The zero-order chi connectivity index (χ0) is 32.8. The Hall–Kier alpha value is -5.50. The SMILES string of the molecule is O=C1[C@@H]2CCCN2C(=O)C(c2ccccc2)N1c1ccc(C=Cc2ccc(N3C(=O)[C@@H]4CCCN4C(=O)C3c3ccccc3)cc2)cc1. The lowest BCUT2D eigenvalue weighted by atomic mass is 9.97. The number of carbonyl (C=O) groups excluding carboxylic acids is 4. The summed E-state index contributed by atoms with van der Waals surface area (Å²) >= 11 is 0. The molecule has 0 spiro atoms. The van der Waals surface area contributed by atoms with Gasteiger partial charge in [-0.1, -0.05) is 97.1 Å². The van der Waals surface area contributed by atoms with Crippen LogP contribution in [0.2, 0.25) is 0 Å². The predicted molar refractivity (Wildman–Crippen MR) is 185 cm³/mol. The van der Waals surface area contributed by atoms with Gasteiger partial charge in [0.15, 0.2) is 0 Å². The summed E-state index contributed by atoms with van der Waals surface area (Å²) in [6, 6.07) is 32.3. The number of hydrogen-bond acceptors (Lipinski definition) is 4. The monoisotopic (exact) mass is 636 g/mol. The maximum Gasteiger partial charge on any atom is 0.251 e. The van der Waals surface area contributed by atoms with E-state index in [1.807, 2.05) is 121 Å². The summed E-state index contributed by atoms with van der Waals surface area (Å²) in [6.45, 7) is 1.24. The number of anilines is 2. The van der Waals surface area contributed by atoms with E-state index in [1.54, 1.807) is 19.6 Å². The van der Waals surface area contributed by atoms with Crippen molar-refractivity contribution in [3.63, 3.8) is 0 Å². The maximum absolute atomic E-state index is 13.7. The number of piperazine rings is 2. The Morgan fingerprint density at radius 1 is 0.458 bits per heavy atom. The van der Waals surface area contributed by atoms with Gasteiger partial charge in [0.05, 0.1) is 0 Å². The molecule has 0 N–H and O–H groups in total. The van der Waals surface area contributed by atoms with Crippen molar-refractivity contribution in [2.75, 3.05) is 22.9 Å². The van der Waals surface area contributed by atoms with Gasteiger partial charge in [0, 0.05) is 24.5 Å². The van der Waals surface area contributed by atoms with Crippen molar-refractivity contribution in [2.45, 2.75) is 49.9 Å². The number of rotatable bonds is 6. The highest BCUT2D eigenvalue weighted by molar-refractivity contribution is 6.10. The number of nitrogens with zero attached hydrogens (tertiary/aromatic N) is 4. The average Bonchev–Trinajstić information content (AvgIpc) is 3.84. The second-order valence-corrected chi connectivity index (χ2v) is 12.9. The first-order valence-electron chi connectivity index (χ1n) is 16.7. The van der Waals surface area contributed by atoms with Gasteiger partial charge < -0.3 is 9.80 Å². The largest absolute Gasteiger partial charge is 0.329 e. The molecule has 0 radical (unpaired) electrons. The molecule has 0 aromatic heterocycles. The van der Waals surface area contributed by atoms with E-state index in [9.17, 15) is 19.2 Å². The Kier molecular flexibility index (Phi) is 7.63.